The van der Waals surface area contributed by atoms with Crippen LogP contribution in [0, 0.1) is 0 Å². The quantitative estimate of drug-likeness (QED) is 0.254. The van der Waals surface area contributed by atoms with Crippen molar-refractivity contribution in [2.75, 3.05) is 0 Å². The SMILES string of the molecule is CC(O)C(=O)O.CC(O)C(O)O.O.O.[Zn].[Zn]. The zero-order valence-electron chi connectivity index (χ0n) is 9.29. The maximum Gasteiger partial charge on any atom is 0.332 e. The molecule has 16 heavy (non-hydrogen) atoms. The molecule has 0 bridgehead atoms. The summed E-state index contributed by atoms with van der Waals surface area (Å²) in [4.78, 5) is 9.45. The van der Waals surface area contributed by atoms with Crippen molar-refractivity contribution < 1.29 is 80.2 Å². The third-order valence-electron chi connectivity index (χ3n) is 0.789. The van der Waals surface area contributed by atoms with Gasteiger partial charge >= 0.3 is 5.97 Å². The number of rotatable bonds is 2. The molecule has 94 valence electrons. The first-order chi connectivity index (χ1) is 5.29. The molecule has 8 nitrogen and oxygen atoms in total. The molecule has 0 fully saturated rings. The monoisotopic (exact) mass is 346 g/mol. The van der Waals surface area contributed by atoms with Crippen LogP contribution < -0.4 is 0 Å². The molecule has 0 saturated heterocycles. The Labute approximate surface area is 118 Å². The zero-order valence-corrected chi connectivity index (χ0v) is 15.2. The van der Waals surface area contributed by atoms with E-state index in [2.05, 4.69) is 0 Å². The van der Waals surface area contributed by atoms with Gasteiger partial charge in [-0.05, 0) is 13.8 Å². The molecule has 0 aromatic rings. The minimum absolute atomic E-state index is 0. The van der Waals surface area contributed by atoms with Crippen LogP contribution >= 0.6 is 0 Å². The van der Waals surface area contributed by atoms with Crippen LogP contribution in [-0.2, 0) is 43.8 Å². The molecule has 10 heteroatoms. The van der Waals surface area contributed by atoms with Crippen LogP contribution in [0.3, 0.4) is 0 Å². The van der Waals surface area contributed by atoms with Gasteiger partial charge in [0, 0.05) is 39.0 Å². The van der Waals surface area contributed by atoms with Crippen molar-refractivity contribution in [1.82, 2.24) is 0 Å². The van der Waals surface area contributed by atoms with Crippen molar-refractivity contribution in [2.24, 2.45) is 0 Å². The van der Waals surface area contributed by atoms with Crippen LogP contribution in [0.15, 0.2) is 0 Å². The van der Waals surface area contributed by atoms with E-state index in [0.29, 0.717) is 0 Å². The summed E-state index contributed by atoms with van der Waals surface area (Å²) in [7, 11) is 0. The maximum absolute atomic E-state index is 9.45. The average Bonchev–Trinajstić information content (AvgIpc) is 1.88. The average molecular weight is 349 g/mol. The maximum atomic E-state index is 9.45. The number of carboxylic acid groups (broad SMARTS) is 1. The molecule has 0 amide bonds. The van der Waals surface area contributed by atoms with Crippen molar-refractivity contribution in [3.63, 3.8) is 0 Å². The Kier molecular flexibility index (Phi) is 46.8. The number of hydrogen-bond acceptors (Lipinski definition) is 5. The molecular weight excluding hydrogens is 331 g/mol. The molecule has 2 unspecified atom stereocenters. The molecule has 0 aromatic heterocycles. The largest absolute Gasteiger partial charge is 0.479 e. The van der Waals surface area contributed by atoms with Crippen molar-refractivity contribution in [2.45, 2.75) is 32.3 Å². The Morgan fingerprint density at radius 2 is 1.06 bits per heavy atom. The fraction of sp³-hybridized carbons (Fsp3) is 0.833. The first-order valence-corrected chi connectivity index (χ1v) is 3.24. The van der Waals surface area contributed by atoms with Crippen LogP contribution in [0.4, 0.5) is 0 Å². The van der Waals surface area contributed by atoms with Crippen LogP contribution in [0.5, 0.6) is 0 Å². The minimum Gasteiger partial charge on any atom is -0.479 e. The molecule has 0 aliphatic rings. The van der Waals surface area contributed by atoms with E-state index in [1.807, 2.05) is 0 Å². The van der Waals surface area contributed by atoms with Gasteiger partial charge in [-0.25, -0.2) is 4.79 Å². The summed E-state index contributed by atoms with van der Waals surface area (Å²) >= 11 is 0. The van der Waals surface area contributed by atoms with Gasteiger partial charge in [0.05, 0.1) is 0 Å². The second-order valence-corrected chi connectivity index (χ2v) is 2.17. The number of carbonyl (C=O) groups is 1. The first-order valence-electron chi connectivity index (χ1n) is 3.24. The van der Waals surface area contributed by atoms with E-state index >= 15 is 0 Å². The Hall–Kier alpha value is 0.477. The van der Waals surface area contributed by atoms with Crippen LogP contribution in [0.2, 0.25) is 0 Å². The topological polar surface area (TPSA) is 181 Å². The number of aliphatic hydroxyl groups is 4. The fourth-order valence-electron chi connectivity index (χ4n) is 0. The third kappa shape index (κ3) is 36.6. The summed E-state index contributed by atoms with van der Waals surface area (Å²) in [5.74, 6) is -1.19. The van der Waals surface area contributed by atoms with Gasteiger partial charge in [0.25, 0.3) is 0 Å². The van der Waals surface area contributed by atoms with Crippen LogP contribution in [-0.4, -0.2) is 61.0 Å². The Balaban J connectivity index is -0.0000000250. The summed E-state index contributed by atoms with van der Waals surface area (Å²) in [5, 5.41) is 39.8. The summed E-state index contributed by atoms with van der Waals surface area (Å²) in [6.45, 7) is 2.49. The van der Waals surface area contributed by atoms with E-state index in [1.54, 1.807) is 0 Å². The Bertz CT molecular complexity index is 124. The molecule has 2 atom stereocenters. The summed E-state index contributed by atoms with van der Waals surface area (Å²) in [6.07, 6.45) is -3.86. The van der Waals surface area contributed by atoms with Crippen molar-refractivity contribution >= 4 is 5.97 Å². The van der Waals surface area contributed by atoms with Crippen molar-refractivity contribution in [1.29, 1.82) is 0 Å². The molecule has 0 aliphatic heterocycles. The Morgan fingerprint density at radius 1 is 0.938 bits per heavy atom. The predicted molar refractivity (Wildman–Crippen MR) is 46.5 cm³/mol. The smallest absolute Gasteiger partial charge is 0.332 e. The predicted octanol–water partition coefficient (Wildman–Crippen LogP) is -3.52. The second-order valence-electron chi connectivity index (χ2n) is 2.17. The van der Waals surface area contributed by atoms with Gasteiger partial charge in [-0.15, -0.1) is 0 Å². The minimum atomic E-state index is -1.59. The number of aliphatic hydroxyl groups excluding tert-OH is 3. The molecule has 0 heterocycles. The van der Waals surface area contributed by atoms with Gasteiger partial charge in [-0.1, -0.05) is 0 Å². The van der Waals surface area contributed by atoms with E-state index < -0.39 is 24.5 Å². The molecule has 0 saturated carbocycles. The molecule has 0 radical (unpaired) electrons. The van der Waals surface area contributed by atoms with Crippen LogP contribution in [0.25, 0.3) is 0 Å². The molecule has 0 aromatic carbocycles. The van der Waals surface area contributed by atoms with Gasteiger partial charge in [0.15, 0.2) is 6.29 Å². The molecule has 0 spiro atoms. The Morgan fingerprint density at radius 3 is 1.06 bits per heavy atom. The van der Waals surface area contributed by atoms with E-state index in [0.717, 1.165) is 0 Å². The van der Waals surface area contributed by atoms with Gasteiger partial charge in [0.2, 0.25) is 0 Å². The molecular formula is C6H18O8Zn2. The third-order valence-corrected chi connectivity index (χ3v) is 0.789. The number of carboxylic acids is 1. The molecule has 0 rings (SSSR count). The number of hydrogen-bond donors (Lipinski definition) is 5. The summed E-state index contributed by atoms with van der Waals surface area (Å²) in [6, 6.07) is 0. The molecule has 0 aliphatic carbocycles. The van der Waals surface area contributed by atoms with Crippen molar-refractivity contribution in [3.05, 3.63) is 0 Å². The van der Waals surface area contributed by atoms with Gasteiger partial charge < -0.3 is 36.5 Å². The molecule has 9 N–H and O–H groups in total. The van der Waals surface area contributed by atoms with E-state index in [-0.39, 0.29) is 49.9 Å². The normalized spacial score (nSPS) is 10.9. The van der Waals surface area contributed by atoms with Gasteiger partial charge in [-0.2, -0.15) is 0 Å². The summed E-state index contributed by atoms with van der Waals surface area (Å²) < 4.78 is 0. The standard InChI is InChI=1S/C3H8O3.C3H6O3.2H2O.2Zn/c2*1-2(4)3(5)6;;;;/h2-6H,1H3;2,4H,1H3,(H,5,6);2*1H2;;. The van der Waals surface area contributed by atoms with Crippen molar-refractivity contribution in [3.8, 4) is 0 Å². The first kappa shape index (κ1) is 36.0. The summed E-state index contributed by atoms with van der Waals surface area (Å²) in [5.41, 5.74) is 0. The van der Waals surface area contributed by atoms with E-state index in [9.17, 15) is 4.79 Å². The van der Waals surface area contributed by atoms with Gasteiger partial charge in [-0.3, -0.25) is 0 Å². The zero-order chi connectivity index (χ0) is 10.3. The van der Waals surface area contributed by atoms with E-state index in [4.69, 9.17) is 25.5 Å². The fourth-order valence-corrected chi connectivity index (χ4v) is 0. The van der Waals surface area contributed by atoms with Gasteiger partial charge in [0.1, 0.15) is 12.2 Å². The van der Waals surface area contributed by atoms with E-state index in [1.165, 1.54) is 13.8 Å². The van der Waals surface area contributed by atoms with Crippen LogP contribution in [0.1, 0.15) is 13.8 Å². The second kappa shape index (κ2) is 20.8. The number of aliphatic carboxylic acids is 1.